The molecule has 0 radical (unpaired) electrons. The smallest absolute Gasteiger partial charge is 0.387 e. The average Bonchev–Trinajstić information content (AvgIpc) is 2.37. The molecule has 0 saturated heterocycles. The van der Waals surface area contributed by atoms with Crippen LogP contribution in [0.4, 0.5) is 20.3 Å². The minimum absolute atomic E-state index is 0.0542. The van der Waals surface area contributed by atoms with Crippen molar-refractivity contribution in [3.05, 3.63) is 45.4 Å². The van der Waals surface area contributed by atoms with Gasteiger partial charge in [0.25, 0.3) is 5.56 Å². The van der Waals surface area contributed by atoms with Crippen molar-refractivity contribution in [3.63, 3.8) is 0 Å². The molecule has 0 saturated carbocycles. The maximum Gasteiger partial charge on any atom is 0.387 e. The predicted molar refractivity (Wildman–Crippen MR) is 68.9 cm³/mol. The van der Waals surface area contributed by atoms with E-state index in [1.807, 2.05) is 0 Å². The summed E-state index contributed by atoms with van der Waals surface area (Å²) in [5.41, 5.74) is 0.260. The van der Waals surface area contributed by atoms with Gasteiger partial charge in [0.05, 0.1) is 6.33 Å². The van der Waals surface area contributed by atoms with E-state index in [1.165, 1.54) is 30.6 Å². The quantitative estimate of drug-likeness (QED) is 0.904. The Morgan fingerprint density at radius 2 is 2.00 bits per heavy atom. The number of alkyl halides is 2. The van der Waals surface area contributed by atoms with Crippen molar-refractivity contribution in [2.45, 2.75) is 6.61 Å². The summed E-state index contributed by atoms with van der Waals surface area (Å²) in [7, 11) is 0. The monoisotopic (exact) mass is 331 g/mol. The normalized spacial score (nSPS) is 10.5. The molecule has 0 atom stereocenters. The third kappa shape index (κ3) is 3.50. The van der Waals surface area contributed by atoms with Gasteiger partial charge in [0.15, 0.2) is 5.82 Å². The van der Waals surface area contributed by atoms with Crippen molar-refractivity contribution < 1.29 is 13.5 Å². The molecule has 8 heteroatoms. The molecule has 1 heterocycles. The second-order valence-corrected chi connectivity index (χ2v) is 4.22. The number of aromatic nitrogens is 2. The molecular weight excluding hydrogens is 324 g/mol. The molecule has 5 nitrogen and oxygen atoms in total. The van der Waals surface area contributed by atoms with Crippen LogP contribution in [0.15, 0.2) is 39.9 Å². The van der Waals surface area contributed by atoms with Gasteiger partial charge in [0.1, 0.15) is 10.2 Å². The fourth-order valence-corrected chi connectivity index (χ4v) is 1.64. The number of rotatable bonds is 4. The molecule has 0 spiro atoms. The van der Waals surface area contributed by atoms with Crippen molar-refractivity contribution in [1.29, 1.82) is 0 Å². The van der Waals surface area contributed by atoms with E-state index in [4.69, 9.17) is 0 Å². The number of anilines is 2. The van der Waals surface area contributed by atoms with Crippen molar-refractivity contribution in [1.82, 2.24) is 9.97 Å². The Morgan fingerprint density at radius 3 is 2.63 bits per heavy atom. The SMILES string of the molecule is O=c1[nH]cnc(Nc2ccc(OC(F)F)cc2)c1Br. The van der Waals surface area contributed by atoms with Crippen LogP contribution in [0.1, 0.15) is 0 Å². The van der Waals surface area contributed by atoms with Crippen LogP contribution in [0.25, 0.3) is 0 Å². The topological polar surface area (TPSA) is 67.0 Å². The van der Waals surface area contributed by atoms with Gasteiger partial charge in [-0.15, -0.1) is 0 Å². The van der Waals surface area contributed by atoms with Gasteiger partial charge in [-0.3, -0.25) is 4.79 Å². The van der Waals surface area contributed by atoms with Crippen LogP contribution in [0.3, 0.4) is 0 Å². The summed E-state index contributed by atoms with van der Waals surface area (Å²) in [5.74, 6) is 0.379. The lowest BCUT2D eigenvalue weighted by molar-refractivity contribution is -0.0498. The Labute approximate surface area is 114 Å². The van der Waals surface area contributed by atoms with Gasteiger partial charge >= 0.3 is 6.61 Å². The molecule has 0 amide bonds. The van der Waals surface area contributed by atoms with Crippen molar-refractivity contribution in [2.24, 2.45) is 0 Å². The lowest BCUT2D eigenvalue weighted by Crippen LogP contribution is -2.10. The number of benzene rings is 1. The van der Waals surface area contributed by atoms with Crippen LogP contribution < -0.4 is 15.6 Å². The Morgan fingerprint density at radius 1 is 1.32 bits per heavy atom. The number of nitrogens with zero attached hydrogens (tertiary/aromatic N) is 1. The molecule has 1 aromatic heterocycles. The number of hydrogen-bond acceptors (Lipinski definition) is 4. The zero-order valence-corrected chi connectivity index (χ0v) is 10.9. The van der Waals surface area contributed by atoms with E-state index < -0.39 is 6.61 Å². The summed E-state index contributed by atoms with van der Waals surface area (Å²) in [6.07, 6.45) is 1.25. The number of H-pyrrole nitrogens is 1. The Kier molecular flexibility index (Phi) is 4.10. The van der Waals surface area contributed by atoms with Gasteiger partial charge in [-0.25, -0.2) is 4.98 Å². The molecule has 100 valence electrons. The Bertz CT molecular complexity index is 616. The summed E-state index contributed by atoms with van der Waals surface area (Å²) in [6.45, 7) is -2.86. The van der Waals surface area contributed by atoms with Gasteiger partial charge in [-0.2, -0.15) is 8.78 Å². The van der Waals surface area contributed by atoms with Gasteiger partial charge in [-0.1, -0.05) is 0 Å². The first kappa shape index (κ1) is 13.5. The zero-order chi connectivity index (χ0) is 13.8. The van der Waals surface area contributed by atoms with Crippen LogP contribution >= 0.6 is 15.9 Å². The first-order valence-electron chi connectivity index (χ1n) is 5.11. The van der Waals surface area contributed by atoms with Crippen LogP contribution in [0.5, 0.6) is 5.75 Å². The number of nitrogens with one attached hydrogen (secondary N) is 2. The molecule has 0 unspecified atom stereocenters. The van der Waals surface area contributed by atoms with E-state index in [2.05, 4.69) is 36.0 Å². The number of halogens is 3. The highest BCUT2D eigenvalue weighted by Gasteiger charge is 2.07. The first-order valence-corrected chi connectivity index (χ1v) is 5.90. The number of aromatic amines is 1. The number of hydrogen-bond donors (Lipinski definition) is 2. The van der Waals surface area contributed by atoms with Gasteiger partial charge in [-0.05, 0) is 40.2 Å². The minimum Gasteiger partial charge on any atom is -0.435 e. The second kappa shape index (κ2) is 5.79. The second-order valence-electron chi connectivity index (χ2n) is 3.42. The largest absolute Gasteiger partial charge is 0.435 e. The van der Waals surface area contributed by atoms with Crippen molar-refractivity contribution in [3.8, 4) is 5.75 Å². The summed E-state index contributed by atoms with van der Waals surface area (Å²) in [4.78, 5) is 17.7. The van der Waals surface area contributed by atoms with E-state index in [0.717, 1.165) is 0 Å². The van der Waals surface area contributed by atoms with Crippen LogP contribution in [-0.4, -0.2) is 16.6 Å². The molecule has 2 rings (SSSR count). The molecule has 2 N–H and O–H groups in total. The molecule has 0 aliphatic carbocycles. The fourth-order valence-electron chi connectivity index (χ4n) is 1.33. The molecule has 2 aromatic rings. The maximum absolute atomic E-state index is 12.0. The molecule has 1 aromatic carbocycles. The highest BCUT2D eigenvalue weighted by molar-refractivity contribution is 9.10. The third-order valence-corrected chi connectivity index (χ3v) is 2.87. The van der Waals surface area contributed by atoms with Gasteiger partial charge in [0, 0.05) is 5.69 Å². The summed E-state index contributed by atoms with van der Waals surface area (Å²) < 4.78 is 28.4. The van der Waals surface area contributed by atoms with Crippen molar-refractivity contribution in [2.75, 3.05) is 5.32 Å². The lowest BCUT2D eigenvalue weighted by atomic mass is 10.3. The Hall–Kier alpha value is -1.96. The van der Waals surface area contributed by atoms with E-state index in [0.29, 0.717) is 11.5 Å². The molecule has 0 aliphatic rings. The summed E-state index contributed by atoms with van der Waals surface area (Å²) in [6, 6.07) is 5.84. The summed E-state index contributed by atoms with van der Waals surface area (Å²) in [5, 5.41) is 2.87. The lowest BCUT2D eigenvalue weighted by Gasteiger charge is -2.08. The zero-order valence-electron chi connectivity index (χ0n) is 9.36. The summed E-state index contributed by atoms with van der Waals surface area (Å²) >= 11 is 3.09. The van der Waals surface area contributed by atoms with Crippen molar-refractivity contribution >= 4 is 27.4 Å². The fraction of sp³-hybridized carbons (Fsp3) is 0.0909. The number of ether oxygens (including phenoxy) is 1. The minimum atomic E-state index is -2.86. The predicted octanol–water partition coefficient (Wildman–Crippen LogP) is 2.88. The van der Waals surface area contributed by atoms with E-state index in [-0.39, 0.29) is 15.8 Å². The molecule has 0 fully saturated rings. The van der Waals surface area contributed by atoms with Gasteiger partial charge < -0.3 is 15.0 Å². The maximum atomic E-state index is 12.0. The van der Waals surface area contributed by atoms with E-state index in [1.54, 1.807) is 0 Å². The van der Waals surface area contributed by atoms with Crippen LogP contribution in [0, 0.1) is 0 Å². The molecular formula is C11H8BrF2N3O2. The Balaban J connectivity index is 2.15. The third-order valence-electron chi connectivity index (χ3n) is 2.14. The van der Waals surface area contributed by atoms with Crippen LogP contribution in [0.2, 0.25) is 0 Å². The molecule has 19 heavy (non-hydrogen) atoms. The van der Waals surface area contributed by atoms with E-state index in [9.17, 15) is 13.6 Å². The standard InChI is InChI=1S/C11H8BrF2N3O2/c12-8-9(15-5-16-10(8)18)17-6-1-3-7(4-2-6)19-11(13)14/h1-5,11H,(H2,15,16,17,18). The highest BCUT2D eigenvalue weighted by Crippen LogP contribution is 2.22. The molecule has 0 aliphatic heterocycles. The van der Waals surface area contributed by atoms with Crippen LogP contribution in [-0.2, 0) is 0 Å². The molecule has 0 bridgehead atoms. The van der Waals surface area contributed by atoms with E-state index >= 15 is 0 Å². The first-order chi connectivity index (χ1) is 9.06. The highest BCUT2D eigenvalue weighted by atomic mass is 79.9. The average molecular weight is 332 g/mol. The van der Waals surface area contributed by atoms with Gasteiger partial charge in [0.2, 0.25) is 0 Å².